The first kappa shape index (κ1) is 51.6. The van der Waals surface area contributed by atoms with Crippen molar-refractivity contribution in [2.45, 2.75) is 108 Å². The van der Waals surface area contributed by atoms with Crippen LogP contribution >= 0.6 is 0 Å². The van der Waals surface area contributed by atoms with Gasteiger partial charge in [0, 0.05) is 98.6 Å². The standard InChI is InChI=1S/C58H64N12O8/c1-34(2)55(58(74)69-33-43(71)25-50(69)57(73)63-35(3)37-11-14-39(15-12-37)68-22-21-60-36(68)4)52-29-54(66-78-52)75-23-7-8-38-13-18-44(30-62-38)76-45-26-46(27-45)77-53-24-40(19-20-61-53)70-41-16-17-42(70)32-67(31-41)49-28-48(64-65-56(49)59)47-9-5-6-10-51(47)72/h5-15,18-22,24,28-30,34-35,41-43,45-46,50,55,71-72H,16-17,23,25-27,31-33H2,1-4H3,(H2,59,65)(H,63,73)/b8-7+/t35-,41+,42?,43+,45?,46?,50-,55+/m0/s1. The number of phenolic OH excluding ortho intramolecular Hbond substituents is 1. The van der Waals surface area contributed by atoms with Crippen LogP contribution in [0.5, 0.6) is 23.3 Å². The molecule has 5 N–H and O–H groups in total. The molecule has 20 heteroatoms. The van der Waals surface area contributed by atoms with Crippen LogP contribution in [0.25, 0.3) is 23.0 Å². The summed E-state index contributed by atoms with van der Waals surface area (Å²) >= 11 is 0. The van der Waals surface area contributed by atoms with E-state index in [1.807, 2.05) is 111 Å². The summed E-state index contributed by atoms with van der Waals surface area (Å²) in [5, 5.41) is 36.8. The van der Waals surface area contributed by atoms with Crippen molar-refractivity contribution in [3.8, 4) is 40.2 Å². The number of ether oxygens (including phenoxy) is 3. The predicted molar refractivity (Wildman–Crippen MR) is 291 cm³/mol. The van der Waals surface area contributed by atoms with Crippen molar-refractivity contribution in [3.63, 3.8) is 0 Å². The van der Waals surface area contributed by atoms with E-state index >= 15 is 0 Å². The number of para-hydroxylation sites is 1. The lowest BCUT2D eigenvalue weighted by atomic mass is 9.91. The summed E-state index contributed by atoms with van der Waals surface area (Å²) in [6.45, 7) is 9.36. The fourth-order valence-corrected chi connectivity index (χ4v) is 11.2. The van der Waals surface area contributed by atoms with E-state index in [0.29, 0.717) is 40.2 Å². The molecule has 3 aliphatic heterocycles. The van der Waals surface area contributed by atoms with E-state index in [0.717, 1.165) is 67.2 Å². The lowest BCUT2D eigenvalue weighted by molar-refractivity contribution is -0.141. The molecule has 2 aromatic carbocycles. The number of fused-ring (bicyclic) bond motifs is 2. The molecule has 2 bridgehead atoms. The number of phenols is 1. The molecule has 20 nitrogen and oxygen atoms in total. The lowest BCUT2D eigenvalue weighted by Gasteiger charge is -2.43. The molecule has 78 heavy (non-hydrogen) atoms. The number of aromatic nitrogens is 7. The van der Waals surface area contributed by atoms with Gasteiger partial charge in [-0.05, 0) is 104 Å². The highest BCUT2D eigenvalue weighted by molar-refractivity contribution is 5.91. The number of aromatic hydroxyl groups is 1. The zero-order valence-corrected chi connectivity index (χ0v) is 44.0. The number of aliphatic hydroxyl groups is 1. The van der Waals surface area contributed by atoms with E-state index in [-0.39, 0.29) is 79.3 Å². The van der Waals surface area contributed by atoms with Crippen LogP contribution in [0.3, 0.4) is 0 Å². The second kappa shape index (κ2) is 22.2. The predicted octanol–water partition coefficient (Wildman–Crippen LogP) is 7.22. The highest BCUT2D eigenvalue weighted by Gasteiger charge is 2.44. The Morgan fingerprint density at radius 2 is 1.64 bits per heavy atom. The minimum atomic E-state index is -0.856. The van der Waals surface area contributed by atoms with Crippen LogP contribution in [-0.2, 0) is 9.59 Å². The number of anilines is 3. The van der Waals surface area contributed by atoms with Gasteiger partial charge in [-0.15, -0.1) is 10.2 Å². The molecule has 4 aliphatic rings. The number of carbonyl (C=O) groups is 2. The van der Waals surface area contributed by atoms with Crippen LogP contribution in [0.1, 0.15) is 87.7 Å². The molecule has 3 saturated heterocycles. The van der Waals surface area contributed by atoms with Crippen molar-refractivity contribution in [2.75, 3.05) is 41.8 Å². The lowest BCUT2D eigenvalue weighted by Crippen LogP contribution is -2.54. The minimum Gasteiger partial charge on any atom is -0.507 e. The number of rotatable bonds is 18. The average Bonchev–Trinajstić information content (AvgIpc) is 4.28. The number of pyridine rings is 2. The molecule has 4 fully saturated rings. The molecule has 1 unspecified atom stereocenters. The third-order valence-electron chi connectivity index (χ3n) is 15.3. The Kier molecular flexibility index (Phi) is 14.7. The van der Waals surface area contributed by atoms with Gasteiger partial charge in [-0.25, -0.2) is 9.97 Å². The number of piperazine rings is 1. The van der Waals surface area contributed by atoms with E-state index in [4.69, 9.17) is 24.5 Å². The summed E-state index contributed by atoms with van der Waals surface area (Å²) in [5.74, 6) is 1.53. The Morgan fingerprint density at radius 1 is 0.859 bits per heavy atom. The van der Waals surface area contributed by atoms with Gasteiger partial charge in [0.2, 0.25) is 17.7 Å². The van der Waals surface area contributed by atoms with E-state index in [9.17, 15) is 19.8 Å². The average molecular weight is 1060 g/mol. The number of β-amino-alcohol motifs (C(OH)–C–C–N with tert-alkyl or cyclic N) is 1. The Morgan fingerprint density at radius 3 is 2.37 bits per heavy atom. The zero-order valence-electron chi connectivity index (χ0n) is 44.0. The number of likely N-dealkylation sites (tertiary alicyclic amines) is 1. The molecular formula is C58H64N12O8. The Hall–Kier alpha value is -8.52. The molecule has 0 radical (unpaired) electrons. The Bertz CT molecular complexity index is 3250. The van der Waals surface area contributed by atoms with Gasteiger partial charge in [0.05, 0.1) is 35.4 Å². The number of nitrogen functional groups attached to an aromatic ring is 1. The van der Waals surface area contributed by atoms with E-state index in [2.05, 4.69) is 51.5 Å². The number of hydrogen-bond acceptors (Lipinski definition) is 17. The van der Waals surface area contributed by atoms with Gasteiger partial charge in [-0.3, -0.25) is 14.6 Å². The summed E-state index contributed by atoms with van der Waals surface area (Å²) in [7, 11) is 0. The number of carbonyl (C=O) groups excluding carboxylic acids is 2. The number of nitrogens with two attached hydrogens (primary N) is 1. The summed E-state index contributed by atoms with van der Waals surface area (Å²) in [6.07, 6.45) is 13.6. The van der Waals surface area contributed by atoms with Gasteiger partial charge in [0.1, 0.15) is 48.1 Å². The maximum Gasteiger partial charge on any atom is 0.254 e. The molecule has 0 spiro atoms. The number of nitrogens with one attached hydrogen (secondary N) is 1. The van der Waals surface area contributed by atoms with Gasteiger partial charge in [-0.2, -0.15) is 0 Å². The van der Waals surface area contributed by atoms with Crippen molar-refractivity contribution < 1.29 is 38.5 Å². The van der Waals surface area contributed by atoms with Crippen LogP contribution in [0.4, 0.5) is 17.2 Å². The zero-order chi connectivity index (χ0) is 54.0. The van der Waals surface area contributed by atoms with E-state index in [1.165, 1.54) is 4.90 Å². The first-order chi connectivity index (χ1) is 37.8. The van der Waals surface area contributed by atoms with Gasteiger partial charge < -0.3 is 59.3 Å². The quantitative estimate of drug-likeness (QED) is 0.0662. The van der Waals surface area contributed by atoms with Crippen LogP contribution in [-0.4, -0.2) is 124 Å². The topological polar surface area (TPSA) is 245 Å². The molecule has 6 atom stereocenters. The maximum absolute atomic E-state index is 14.2. The van der Waals surface area contributed by atoms with E-state index in [1.54, 1.807) is 36.7 Å². The van der Waals surface area contributed by atoms with Crippen LogP contribution in [0.15, 0.2) is 120 Å². The normalized spacial score (nSPS) is 21.6. The number of nitrogens with zero attached hydrogens (tertiary/aromatic N) is 10. The van der Waals surface area contributed by atoms with Crippen molar-refractivity contribution in [1.29, 1.82) is 0 Å². The molecule has 1 aliphatic carbocycles. The van der Waals surface area contributed by atoms with Gasteiger partial charge in [0.15, 0.2) is 11.6 Å². The number of hydrogen-bond donors (Lipinski definition) is 4. The van der Waals surface area contributed by atoms with Gasteiger partial charge in [-0.1, -0.05) is 38.1 Å². The molecule has 2 amide bonds. The number of aliphatic hydroxyl groups excluding tert-OH is 1. The summed E-state index contributed by atoms with van der Waals surface area (Å²) in [6, 6.07) is 25.7. The molecule has 7 aromatic rings. The highest BCUT2D eigenvalue weighted by Crippen LogP contribution is 2.41. The molecule has 1 saturated carbocycles. The van der Waals surface area contributed by atoms with E-state index < -0.39 is 18.1 Å². The molecule has 5 aromatic heterocycles. The smallest absolute Gasteiger partial charge is 0.254 e. The largest absolute Gasteiger partial charge is 0.507 e. The van der Waals surface area contributed by atoms with Crippen LogP contribution in [0, 0.1) is 12.8 Å². The Labute approximate surface area is 451 Å². The molecule has 8 heterocycles. The van der Waals surface area contributed by atoms with Gasteiger partial charge in [0.25, 0.3) is 5.88 Å². The Balaban J connectivity index is 0.623. The van der Waals surface area contributed by atoms with Crippen molar-refractivity contribution in [2.24, 2.45) is 5.92 Å². The third kappa shape index (κ3) is 11.0. The van der Waals surface area contributed by atoms with Crippen molar-refractivity contribution in [3.05, 3.63) is 139 Å². The maximum atomic E-state index is 14.2. The summed E-state index contributed by atoms with van der Waals surface area (Å²) in [4.78, 5) is 47.5. The molecule has 404 valence electrons. The van der Waals surface area contributed by atoms with Crippen molar-refractivity contribution >= 4 is 35.1 Å². The second-order valence-electron chi connectivity index (χ2n) is 21.0. The number of imidazole rings is 1. The first-order valence-corrected chi connectivity index (χ1v) is 26.7. The minimum absolute atomic E-state index is 0.0110. The van der Waals surface area contributed by atoms with Crippen LogP contribution in [0.2, 0.25) is 0 Å². The monoisotopic (exact) mass is 1060 g/mol. The van der Waals surface area contributed by atoms with Crippen LogP contribution < -0.4 is 35.1 Å². The highest BCUT2D eigenvalue weighted by atomic mass is 16.5. The second-order valence-corrected chi connectivity index (χ2v) is 21.0. The number of amides is 2. The fraction of sp³-hybridized carbons (Fsp3) is 0.379. The third-order valence-corrected chi connectivity index (χ3v) is 15.3. The number of benzene rings is 2. The molecule has 11 rings (SSSR count). The van der Waals surface area contributed by atoms with Crippen molar-refractivity contribution in [1.82, 2.24) is 45.1 Å². The SMILES string of the molecule is Cc1nccn1-c1ccc([C@H](C)NC(=O)[C@@H]2C[C@@H](O)CN2C(=O)[C@@H](c2cc(OC/C=C/c3ccc(OC4CC(Oc5cc(N6C7CC[C@@H]6CN(c6cc(-c8ccccc8O)nnc6N)C7)ccn5)C4)cn3)no2)C(C)C)cc1. The number of aryl methyl sites for hydroxylation is 1. The molecular weight excluding hydrogens is 993 g/mol. The fourth-order valence-electron chi connectivity index (χ4n) is 11.2. The summed E-state index contributed by atoms with van der Waals surface area (Å²) in [5.41, 5.74) is 12.1. The summed E-state index contributed by atoms with van der Waals surface area (Å²) < 4.78 is 26.1. The first-order valence-electron chi connectivity index (χ1n) is 26.7. The van der Waals surface area contributed by atoms with Gasteiger partial charge >= 0.3 is 0 Å².